The van der Waals surface area contributed by atoms with Gasteiger partial charge in [0.15, 0.2) is 0 Å². The smallest absolute Gasteiger partial charge is 0.240 e. The molecule has 1 aliphatic carbocycles. The Morgan fingerprint density at radius 2 is 1.62 bits per heavy atom. The fraction of sp³-hybridized carbons (Fsp3) is 0.278. The van der Waals surface area contributed by atoms with E-state index in [1.54, 1.807) is 18.2 Å². The SMILES string of the molecule is O=C(CCNS(=O)(=O)c1ccccc1)N[C@@H]1C[C@H]1c1ccccc1. The van der Waals surface area contributed by atoms with Crippen LogP contribution in [-0.4, -0.2) is 26.9 Å². The third-order valence-electron chi connectivity index (χ3n) is 4.06. The standard InChI is InChI=1S/C18H20N2O3S/c21-18(20-17-13-16(17)14-7-3-1-4-8-14)11-12-19-24(22,23)15-9-5-2-6-10-15/h1-10,16-17,19H,11-13H2,(H,20,21)/t16-,17+/m0/s1. The summed E-state index contributed by atoms with van der Waals surface area (Å²) in [6.45, 7) is 0.0891. The number of hydrogen-bond acceptors (Lipinski definition) is 3. The van der Waals surface area contributed by atoms with Crippen LogP contribution in [0, 0.1) is 0 Å². The molecule has 0 radical (unpaired) electrons. The van der Waals surface area contributed by atoms with E-state index in [4.69, 9.17) is 0 Å². The third-order valence-corrected chi connectivity index (χ3v) is 5.54. The van der Waals surface area contributed by atoms with Crippen LogP contribution in [0.3, 0.4) is 0 Å². The third kappa shape index (κ3) is 4.21. The van der Waals surface area contributed by atoms with Gasteiger partial charge in [0.05, 0.1) is 4.90 Å². The van der Waals surface area contributed by atoms with Gasteiger partial charge in [0, 0.05) is 24.9 Å². The summed E-state index contributed by atoms with van der Waals surface area (Å²) in [5.41, 5.74) is 1.23. The lowest BCUT2D eigenvalue weighted by Crippen LogP contribution is -2.32. The summed E-state index contributed by atoms with van der Waals surface area (Å²) >= 11 is 0. The van der Waals surface area contributed by atoms with Crippen molar-refractivity contribution >= 4 is 15.9 Å². The summed E-state index contributed by atoms with van der Waals surface area (Å²) in [7, 11) is -3.55. The average molecular weight is 344 g/mol. The molecule has 1 fully saturated rings. The van der Waals surface area contributed by atoms with Gasteiger partial charge in [-0.1, -0.05) is 48.5 Å². The zero-order valence-corrected chi connectivity index (χ0v) is 14.0. The summed E-state index contributed by atoms with van der Waals surface area (Å²) in [5, 5.41) is 2.95. The zero-order valence-electron chi connectivity index (χ0n) is 13.2. The molecule has 0 spiro atoms. The molecule has 24 heavy (non-hydrogen) atoms. The van der Waals surface area contributed by atoms with Crippen LogP contribution < -0.4 is 10.0 Å². The van der Waals surface area contributed by atoms with Crippen molar-refractivity contribution in [3.8, 4) is 0 Å². The second kappa shape index (κ2) is 7.15. The molecule has 0 bridgehead atoms. The van der Waals surface area contributed by atoms with Gasteiger partial charge in [-0.25, -0.2) is 13.1 Å². The van der Waals surface area contributed by atoms with Crippen LogP contribution in [0.15, 0.2) is 65.6 Å². The van der Waals surface area contributed by atoms with Crippen molar-refractivity contribution in [3.63, 3.8) is 0 Å². The van der Waals surface area contributed by atoms with Gasteiger partial charge in [-0.05, 0) is 24.1 Å². The summed E-state index contributed by atoms with van der Waals surface area (Å²) in [6, 6.07) is 18.4. The van der Waals surface area contributed by atoms with Crippen molar-refractivity contribution in [3.05, 3.63) is 66.2 Å². The van der Waals surface area contributed by atoms with Gasteiger partial charge < -0.3 is 5.32 Å². The molecule has 2 N–H and O–H groups in total. The first kappa shape index (κ1) is 16.7. The second-order valence-electron chi connectivity index (χ2n) is 5.89. The maximum atomic E-state index is 12.0. The first-order valence-electron chi connectivity index (χ1n) is 7.95. The Morgan fingerprint density at radius 1 is 1.00 bits per heavy atom. The molecule has 0 saturated heterocycles. The summed E-state index contributed by atoms with van der Waals surface area (Å²) in [4.78, 5) is 12.2. The highest BCUT2D eigenvalue weighted by Crippen LogP contribution is 2.40. The van der Waals surface area contributed by atoms with Crippen LogP contribution in [-0.2, 0) is 14.8 Å². The summed E-state index contributed by atoms with van der Waals surface area (Å²) in [5.74, 6) is 0.241. The van der Waals surface area contributed by atoms with Gasteiger partial charge in [-0.2, -0.15) is 0 Å². The zero-order chi connectivity index (χ0) is 17.0. The molecule has 5 nitrogen and oxygen atoms in total. The Morgan fingerprint density at radius 3 is 2.29 bits per heavy atom. The Labute approximate surface area is 142 Å². The molecule has 2 atom stereocenters. The lowest BCUT2D eigenvalue weighted by atomic mass is 10.1. The van der Waals surface area contributed by atoms with Gasteiger partial charge in [0.25, 0.3) is 0 Å². The summed E-state index contributed by atoms with van der Waals surface area (Å²) in [6.07, 6.45) is 1.07. The number of amides is 1. The van der Waals surface area contributed by atoms with Crippen molar-refractivity contribution < 1.29 is 13.2 Å². The molecule has 6 heteroatoms. The van der Waals surface area contributed by atoms with Crippen molar-refractivity contribution in [1.29, 1.82) is 0 Å². The number of carbonyl (C=O) groups is 1. The molecule has 2 aromatic rings. The Bertz CT molecular complexity index is 792. The molecule has 1 saturated carbocycles. The first-order valence-corrected chi connectivity index (χ1v) is 9.43. The van der Waals surface area contributed by atoms with Crippen molar-refractivity contribution in [2.75, 3.05) is 6.54 Å². The van der Waals surface area contributed by atoms with Crippen molar-refractivity contribution in [2.24, 2.45) is 0 Å². The molecule has 1 amide bonds. The van der Waals surface area contributed by atoms with Gasteiger partial charge >= 0.3 is 0 Å². The molecule has 0 unspecified atom stereocenters. The number of nitrogens with one attached hydrogen (secondary N) is 2. The topological polar surface area (TPSA) is 75.3 Å². The van der Waals surface area contributed by atoms with Crippen LogP contribution in [0.1, 0.15) is 24.3 Å². The van der Waals surface area contributed by atoms with Crippen LogP contribution in [0.5, 0.6) is 0 Å². The molecule has 2 aromatic carbocycles. The minimum absolute atomic E-state index is 0.0891. The van der Waals surface area contributed by atoms with Crippen LogP contribution in [0.2, 0.25) is 0 Å². The van der Waals surface area contributed by atoms with Crippen LogP contribution >= 0.6 is 0 Å². The van der Waals surface area contributed by atoms with Crippen LogP contribution in [0.25, 0.3) is 0 Å². The van der Waals surface area contributed by atoms with E-state index >= 15 is 0 Å². The monoisotopic (exact) mass is 344 g/mol. The van der Waals surface area contributed by atoms with Gasteiger partial charge in [-0.3, -0.25) is 4.79 Å². The largest absolute Gasteiger partial charge is 0.353 e. The van der Waals surface area contributed by atoms with Gasteiger partial charge in [0.1, 0.15) is 0 Å². The highest BCUT2D eigenvalue weighted by molar-refractivity contribution is 7.89. The molecule has 1 aliphatic rings. The number of hydrogen-bond donors (Lipinski definition) is 2. The minimum Gasteiger partial charge on any atom is -0.353 e. The van der Waals surface area contributed by atoms with E-state index in [-0.39, 0.29) is 29.8 Å². The lowest BCUT2D eigenvalue weighted by Gasteiger charge is -2.07. The van der Waals surface area contributed by atoms with E-state index in [2.05, 4.69) is 22.2 Å². The Kier molecular flexibility index (Phi) is 4.97. The highest BCUT2D eigenvalue weighted by Gasteiger charge is 2.39. The minimum atomic E-state index is -3.55. The fourth-order valence-electron chi connectivity index (χ4n) is 2.68. The number of rotatable bonds is 7. The van der Waals surface area contributed by atoms with Crippen molar-refractivity contribution in [2.45, 2.75) is 29.7 Å². The predicted octanol–water partition coefficient (Wildman–Crippen LogP) is 2.03. The fourth-order valence-corrected chi connectivity index (χ4v) is 3.74. The second-order valence-corrected chi connectivity index (χ2v) is 7.65. The molecular formula is C18H20N2O3S. The van der Waals surface area contributed by atoms with E-state index in [9.17, 15) is 13.2 Å². The first-order chi connectivity index (χ1) is 11.6. The number of benzene rings is 2. The molecule has 0 aromatic heterocycles. The average Bonchev–Trinajstić information content (AvgIpc) is 3.35. The Balaban J connectivity index is 1.43. The Hall–Kier alpha value is -2.18. The lowest BCUT2D eigenvalue weighted by molar-refractivity contribution is -0.121. The van der Waals surface area contributed by atoms with E-state index in [1.165, 1.54) is 17.7 Å². The number of sulfonamides is 1. The maximum absolute atomic E-state index is 12.0. The van der Waals surface area contributed by atoms with E-state index in [0.29, 0.717) is 5.92 Å². The highest BCUT2D eigenvalue weighted by atomic mass is 32.2. The molecular weight excluding hydrogens is 324 g/mol. The molecule has 0 heterocycles. The normalized spacial score (nSPS) is 19.7. The number of carbonyl (C=O) groups excluding carboxylic acids is 1. The molecule has 0 aliphatic heterocycles. The summed E-state index contributed by atoms with van der Waals surface area (Å²) < 4.78 is 26.5. The molecule has 3 rings (SSSR count). The van der Waals surface area contributed by atoms with Gasteiger partial charge in [0.2, 0.25) is 15.9 Å². The van der Waals surface area contributed by atoms with E-state index < -0.39 is 10.0 Å². The maximum Gasteiger partial charge on any atom is 0.240 e. The quantitative estimate of drug-likeness (QED) is 0.807. The van der Waals surface area contributed by atoms with Crippen molar-refractivity contribution in [1.82, 2.24) is 10.0 Å². The van der Waals surface area contributed by atoms with Gasteiger partial charge in [-0.15, -0.1) is 0 Å². The van der Waals surface area contributed by atoms with E-state index in [0.717, 1.165) is 6.42 Å². The molecule has 126 valence electrons. The van der Waals surface area contributed by atoms with E-state index in [1.807, 2.05) is 18.2 Å². The predicted molar refractivity (Wildman–Crippen MR) is 92.0 cm³/mol. The van der Waals surface area contributed by atoms with Crippen LogP contribution in [0.4, 0.5) is 0 Å².